The molecular formula is C8H12N2OS. The van der Waals surface area contributed by atoms with E-state index in [0.29, 0.717) is 5.69 Å². The zero-order valence-electron chi connectivity index (χ0n) is 7.03. The molecule has 1 aromatic rings. The summed E-state index contributed by atoms with van der Waals surface area (Å²) in [6, 6.07) is 0. The summed E-state index contributed by atoms with van der Waals surface area (Å²) < 4.78 is 1.67. The Labute approximate surface area is 76.9 Å². The van der Waals surface area contributed by atoms with Crippen molar-refractivity contribution in [1.29, 1.82) is 0 Å². The molecule has 1 heterocycles. The lowest BCUT2D eigenvalue weighted by Crippen LogP contribution is -2.22. The molecule has 0 saturated heterocycles. The fourth-order valence-corrected chi connectivity index (χ4v) is 1.11. The first kappa shape index (κ1) is 9.32. The third-order valence-corrected chi connectivity index (χ3v) is 1.96. The standard InChI is InChI=1S/C8H12N2OS/c1-7-8(11)10(4-2-6-12)5-3-9-7/h3,5,12H,2,4,6H2,1H3. The Hall–Kier alpha value is -0.770. The quantitative estimate of drug-likeness (QED) is 0.707. The first-order valence-electron chi connectivity index (χ1n) is 3.88. The molecule has 1 rings (SSSR count). The van der Waals surface area contributed by atoms with E-state index in [-0.39, 0.29) is 5.56 Å². The minimum Gasteiger partial charge on any atom is -0.312 e. The van der Waals surface area contributed by atoms with Crippen LogP contribution in [0.4, 0.5) is 0 Å². The highest BCUT2D eigenvalue weighted by Gasteiger charge is 1.97. The molecule has 0 aliphatic heterocycles. The summed E-state index contributed by atoms with van der Waals surface area (Å²) in [6.45, 7) is 2.45. The summed E-state index contributed by atoms with van der Waals surface area (Å²) in [7, 11) is 0. The van der Waals surface area contributed by atoms with E-state index in [1.807, 2.05) is 0 Å². The van der Waals surface area contributed by atoms with E-state index in [1.54, 1.807) is 23.9 Å². The molecule has 0 atom stereocenters. The van der Waals surface area contributed by atoms with Crippen molar-refractivity contribution in [3.05, 3.63) is 28.4 Å². The molecule has 0 aliphatic carbocycles. The van der Waals surface area contributed by atoms with Crippen LogP contribution in [0, 0.1) is 6.92 Å². The Morgan fingerprint density at radius 3 is 3.08 bits per heavy atom. The maximum Gasteiger partial charge on any atom is 0.271 e. The smallest absolute Gasteiger partial charge is 0.271 e. The fourth-order valence-electron chi connectivity index (χ4n) is 0.973. The number of hydrogen-bond acceptors (Lipinski definition) is 3. The van der Waals surface area contributed by atoms with Gasteiger partial charge in [-0.2, -0.15) is 12.6 Å². The predicted octanol–water partition coefficient (Wildman–Crippen LogP) is 0.872. The first-order chi connectivity index (χ1) is 5.75. The van der Waals surface area contributed by atoms with E-state index >= 15 is 0 Å². The molecule has 0 fully saturated rings. The van der Waals surface area contributed by atoms with Gasteiger partial charge in [0.15, 0.2) is 0 Å². The average molecular weight is 184 g/mol. The molecule has 4 heteroatoms. The largest absolute Gasteiger partial charge is 0.312 e. The third kappa shape index (κ3) is 2.11. The number of aryl methyl sites for hydroxylation is 2. The van der Waals surface area contributed by atoms with Crippen LogP contribution in [0.3, 0.4) is 0 Å². The van der Waals surface area contributed by atoms with Crippen LogP contribution in [0.25, 0.3) is 0 Å². The molecule has 0 saturated carbocycles. The van der Waals surface area contributed by atoms with Gasteiger partial charge in [0.25, 0.3) is 5.56 Å². The molecule has 0 amide bonds. The van der Waals surface area contributed by atoms with Crippen LogP contribution in [0.2, 0.25) is 0 Å². The lowest BCUT2D eigenvalue weighted by atomic mass is 10.4. The number of hydrogen-bond donors (Lipinski definition) is 1. The van der Waals surface area contributed by atoms with E-state index in [4.69, 9.17) is 0 Å². The Morgan fingerprint density at radius 2 is 2.42 bits per heavy atom. The molecule has 0 radical (unpaired) electrons. The van der Waals surface area contributed by atoms with Gasteiger partial charge in [-0.05, 0) is 19.1 Å². The molecule has 66 valence electrons. The van der Waals surface area contributed by atoms with Crippen LogP contribution >= 0.6 is 12.6 Å². The summed E-state index contributed by atoms with van der Waals surface area (Å²) in [5.74, 6) is 0.799. The Kier molecular flexibility index (Phi) is 3.34. The molecule has 0 bridgehead atoms. The second-order valence-corrected chi connectivity index (χ2v) is 3.04. The Balaban J connectivity index is 2.85. The summed E-state index contributed by atoms with van der Waals surface area (Å²) in [5.41, 5.74) is 0.552. The van der Waals surface area contributed by atoms with Crippen molar-refractivity contribution < 1.29 is 0 Å². The lowest BCUT2D eigenvalue weighted by Gasteiger charge is -2.03. The highest BCUT2D eigenvalue weighted by Crippen LogP contribution is 1.89. The van der Waals surface area contributed by atoms with E-state index < -0.39 is 0 Å². The average Bonchev–Trinajstić information content (AvgIpc) is 2.08. The molecule has 0 aromatic carbocycles. The minimum absolute atomic E-state index is 0.000664. The normalized spacial score (nSPS) is 10.2. The number of rotatable bonds is 3. The van der Waals surface area contributed by atoms with Gasteiger partial charge in [0.1, 0.15) is 5.69 Å². The van der Waals surface area contributed by atoms with Crippen molar-refractivity contribution in [3.63, 3.8) is 0 Å². The van der Waals surface area contributed by atoms with Gasteiger partial charge in [0.2, 0.25) is 0 Å². The van der Waals surface area contributed by atoms with Gasteiger partial charge in [-0.15, -0.1) is 0 Å². The topological polar surface area (TPSA) is 34.9 Å². The maximum absolute atomic E-state index is 11.4. The van der Waals surface area contributed by atoms with Gasteiger partial charge in [-0.1, -0.05) is 0 Å². The molecule has 1 aromatic heterocycles. The Bertz CT molecular complexity index is 308. The van der Waals surface area contributed by atoms with Crippen LogP contribution in [0.5, 0.6) is 0 Å². The Morgan fingerprint density at radius 1 is 1.67 bits per heavy atom. The van der Waals surface area contributed by atoms with Crippen molar-refractivity contribution in [1.82, 2.24) is 9.55 Å². The minimum atomic E-state index is -0.000664. The fraction of sp³-hybridized carbons (Fsp3) is 0.500. The molecule has 0 N–H and O–H groups in total. The van der Waals surface area contributed by atoms with Gasteiger partial charge >= 0.3 is 0 Å². The molecule has 0 unspecified atom stereocenters. The monoisotopic (exact) mass is 184 g/mol. The second-order valence-electron chi connectivity index (χ2n) is 2.59. The number of thiol groups is 1. The zero-order valence-corrected chi connectivity index (χ0v) is 7.92. The van der Waals surface area contributed by atoms with E-state index in [1.165, 1.54) is 0 Å². The van der Waals surface area contributed by atoms with E-state index in [0.717, 1.165) is 18.7 Å². The number of nitrogens with zero attached hydrogens (tertiary/aromatic N) is 2. The first-order valence-corrected chi connectivity index (χ1v) is 4.52. The van der Waals surface area contributed by atoms with Gasteiger partial charge < -0.3 is 4.57 Å². The molecule has 3 nitrogen and oxygen atoms in total. The molecular weight excluding hydrogens is 172 g/mol. The SMILES string of the molecule is Cc1nccn(CCCS)c1=O. The molecule has 0 aliphatic rings. The van der Waals surface area contributed by atoms with Gasteiger partial charge in [0.05, 0.1) is 0 Å². The number of aromatic nitrogens is 2. The van der Waals surface area contributed by atoms with Crippen molar-refractivity contribution in [2.75, 3.05) is 5.75 Å². The van der Waals surface area contributed by atoms with Crippen molar-refractivity contribution in [3.8, 4) is 0 Å². The van der Waals surface area contributed by atoms with Gasteiger partial charge in [0, 0.05) is 18.9 Å². The van der Waals surface area contributed by atoms with Gasteiger partial charge in [-0.3, -0.25) is 9.78 Å². The van der Waals surface area contributed by atoms with Crippen molar-refractivity contribution in [2.24, 2.45) is 0 Å². The highest BCUT2D eigenvalue weighted by atomic mass is 32.1. The molecule has 0 spiro atoms. The van der Waals surface area contributed by atoms with Crippen LogP contribution in [0.15, 0.2) is 17.2 Å². The molecule has 12 heavy (non-hydrogen) atoms. The van der Waals surface area contributed by atoms with E-state index in [2.05, 4.69) is 17.6 Å². The highest BCUT2D eigenvalue weighted by molar-refractivity contribution is 7.80. The lowest BCUT2D eigenvalue weighted by molar-refractivity contribution is 0.647. The van der Waals surface area contributed by atoms with Crippen molar-refractivity contribution >= 4 is 12.6 Å². The predicted molar refractivity (Wildman–Crippen MR) is 51.7 cm³/mol. The second kappa shape index (κ2) is 4.30. The zero-order chi connectivity index (χ0) is 8.97. The van der Waals surface area contributed by atoms with Crippen LogP contribution in [-0.2, 0) is 6.54 Å². The summed E-state index contributed by atoms with van der Waals surface area (Å²) in [5, 5.41) is 0. The van der Waals surface area contributed by atoms with Crippen LogP contribution < -0.4 is 5.56 Å². The summed E-state index contributed by atoms with van der Waals surface area (Å²) in [4.78, 5) is 15.2. The van der Waals surface area contributed by atoms with E-state index in [9.17, 15) is 4.79 Å². The van der Waals surface area contributed by atoms with Gasteiger partial charge in [-0.25, -0.2) is 0 Å². The van der Waals surface area contributed by atoms with Crippen LogP contribution in [0.1, 0.15) is 12.1 Å². The van der Waals surface area contributed by atoms with Crippen molar-refractivity contribution in [2.45, 2.75) is 19.9 Å². The summed E-state index contributed by atoms with van der Waals surface area (Å²) in [6.07, 6.45) is 4.26. The summed E-state index contributed by atoms with van der Waals surface area (Å²) >= 11 is 4.08. The third-order valence-electron chi connectivity index (χ3n) is 1.64. The van der Waals surface area contributed by atoms with Crippen LogP contribution in [-0.4, -0.2) is 15.3 Å². The maximum atomic E-state index is 11.4.